The van der Waals surface area contributed by atoms with Gasteiger partial charge in [0.15, 0.2) is 0 Å². The van der Waals surface area contributed by atoms with Gasteiger partial charge in [-0.15, -0.1) is 0 Å². The first-order valence-corrected chi connectivity index (χ1v) is 7.12. The van der Waals surface area contributed by atoms with Gasteiger partial charge in [-0.1, -0.05) is 13.3 Å². The minimum atomic E-state index is -0.0673. The summed E-state index contributed by atoms with van der Waals surface area (Å²) < 4.78 is 0. The van der Waals surface area contributed by atoms with Crippen molar-refractivity contribution in [3.63, 3.8) is 0 Å². The molecule has 0 aliphatic heterocycles. The zero-order chi connectivity index (χ0) is 13.5. The maximum absolute atomic E-state index is 12.3. The third kappa shape index (κ3) is 2.36. The Kier molecular flexibility index (Phi) is 2.84. The fraction of sp³-hybridized carbons (Fsp3) is 0.667. The van der Waals surface area contributed by atoms with E-state index in [2.05, 4.69) is 22.2 Å². The Morgan fingerprint density at radius 1 is 1.26 bits per heavy atom. The fourth-order valence-corrected chi connectivity index (χ4v) is 3.86. The van der Waals surface area contributed by atoms with Crippen molar-refractivity contribution in [2.24, 2.45) is 5.41 Å². The number of nitrogens with zero attached hydrogens (tertiary/aromatic N) is 2. The lowest BCUT2D eigenvalue weighted by molar-refractivity contribution is 0.0856. The molecule has 2 atom stereocenters. The summed E-state index contributed by atoms with van der Waals surface area (Å²) in [7, 11) is 0. The first kappa shape index (κ1) is 12.6. The van der Waals surface area contributed by atoms with Crippen molar-refractivity contribution >= 4 is 5.91 Å². The maximum atomic E-state index is 12.3. The highest BCUT2D eigenvalue weighted by Gasteiger charge is 2.49. The molecular formula is C15H21N3O. The van der Waals surface area contributed by atoms with Gasteiger partial charge in [-0.25, -0.2) is 4.98 Å². The Balaban J connectivity index is 1.77. The van der Waals surface area contributed by atoms with E-state index in [0.717, 1.165) is 25.0 Å². The van der Waals surface area contributed by atoms with Crippen molar-refractivity contribution in [3.8, 4) is 0 Å². The van der Waals surface area contributed by atoms with Crippen molar-refractivity contribution in [2.75, 3.05) is 0 Å². The van der Waals surface area contributed by atoms with E-state index in [1.807, 2.05) is 6.92 Å². The molecule has 2 aliphatic carbocycles. The summed E-state index contributed by atoms with van der Waals surface area (Å²) in [6.07, 6.45) is 10.3. The van der Waals surface area contributed by atoms with Gasteiger partial charge in [0.05, 0.1) is 11.9 Å². The van der Waals surface area contributed by atoms with E-state index >= 15 is 0 Å². The van der Waals surface area contributed by atoms with Gasteiger partial charge in [-0.2, -0.15) is 0 Å². The molecule has 0 saturated heterocycles. The number of hydrogen-bond acceptors (Lipinski definition) is 3. The average Bonchev–Trinajstić information content (AvgIpc) is 2.59. The van der Waals surface area contributed by atoms with Gasteiger partial charge >= 0.3 is 0 Å². The minimum Gasteiger partial charge on any atom is -0.345 e. The van der Waals surface area contributed by atoms with Crippen LogP contribution in [0.25, 0.3) is 0 Å². The SMILES string of the molecule is Cc1cncc(C(=O)N[C@]23CCC[C@](C)(CC2)C3)n1. The molecule has 0 spiro atoms. The van der Waals surface area contributed by atoms with E-state index in [-0.39, 0.29) is 11.4 Å². The summed E-state index contributed by atoms with van der Waals surface area (Å²) in [5, 5.41) is 3.25. The molecule has 19 heavy (non-hydrogen) atoms. The van der Waals surface area contributed by atoms with Crippen LogP contribution in [0.3, 0.4) is 0 Å². The van der Waals surface area contributed by atoms with Gasteiger partial charge < -0.3 is 5.32 Å². The first-order chi connectivity index (χ1) is 9.00. The summed E-state index contributed by atoms with van der Waals surface area (Å²) >= 11 is 0. The number of carbonyl (C=O) groups is 1. The van der Waals surface area contributed by atoms with E-state index in [1.54, 1.807) is 12.4 Å². The smallest absolute Gasteiger partial charge is 0.271 e. The third-order valence-electron chi connectivity index (χ3n) is 4.77. The number of nitrogens with one attached hydrogen (secondary N) is 1. The van der Waals surface area contributed by atoms with Crippen LogP contribution in [-0.2, 0) is 0 Å². The second-order valence-corrected chi connectivity index (χ2v) is 6.62. The monoisotopic (exact) mass is 259 g/mol. The molecule has 2 saturated carbocycles. The minimum absolute atomic E-state index is 0.00943. The number of hydrogen-bond donors (Lipinski definition) is 1. The Morgan fingerprint density at radius 3 is 2.89 bits per heavy atom. The number of fused-ring (bicyclic) bond motifs is 2. The molecule has 0 radical (unpaired) electrons. The van der Waals surface area contributed by atoms with E-state index in [4.69, 9.17) is 0 Å². The lowest BCUT2D eigenvalue weighted by Crippen LogP contribution is -2.49. The van der Waals surface area contributed by atoms with Crippen LogP contribution in [0.5, 0.6) is 0 Å². The number of aryl methyl sites for hydroxylation is 1. The fourth-order valence-electron chi connectivity index (χ4n) is 3.86. The normalized spacial score (nSPS) is 33.2. The lowest BCUT2D eigenvalue weighted by atomic mass is 9.74. The molecule has 2 fully saturated rings. The molecule has 2 aliphatic rings. The Morgan fingerprint density at radius 2 is 2.11 bits per heavy atom. The van der Waals surface area contributed by atoms with Crippen LogP contribution in [0.1, 0.15) is 61.6 Å². The molecule has 1 heterocycles. The summed E-state index contributed by atoms with van der Waals surface area (Å²) in [5.41, 5.74) is 1.66. The van der Waals surface area contributed by atoms with Crippen molar-refractivity contribution in [3.05, 3.63) is 23.8 Å². The highest BCUT2D eigenvalue weighted by molar-refractivity contribution is 5.92. The van der Waals surface area contributed by atoms with Gasteiger partial charge in [-0.3, -0.25) is 9.78 Å². The second-order valence-electron chi connectivity index (χ2n) is 6.62. The second kappa shape index (κ2) is 4.29. The predicted octanol–water partition coefficient (Wildman–Crippen LogP) is 2.63. The van der Waals surface area contributed by atoms with Gasteiger partial charge in [0.2, 0.25) is 0 Å². The highest BCUT2D eigenvalue weighted by Crippen LogP contribution is 2.53. The van der Waals surface area contributed by atoms with Gasteiger partial charge in [0, 0.05) is 11.7 Å². The molecule has 1 aromatic rings. The van der Waals surface area contributed by atoms with Crippen molar-refractivity contribution < 1.29 is 4.79 Å². The first-order valence-electron chi connectivity index (χ1n) is 7.12. The largest absolute Gasteiger partial charge is 0.345 e. The van der Waals surface area contributed by atoms with Crippen molar-refractivity contribution in [2.45, 2.75) is 57.9 Å². The van der Waals surface area contributed by atoms with Crippen LogP contribution in [0.2, 0.25) is 0 Å². The van der Waals surface area contributed by atoms with Gasteiger partial charge in [0.25, 0.3) is 5.91 Å². The average molecular weight is 259 g/mol. The van der Waals surface area contributed by atoms with Crippen LogP contribution in [0.15, 0.2) is 12.4 Å². The van der Waals surface area contributed by atoms with E-state index < -0.39 is 0 Å². The number of aromatic nitrogens is 2. The van der Waals surface area contributed by atoms with Gasteiger partial charge in [-0.05, 0) is 44.4 Å². The number of amides is 1. The predicted molar refractivity (Wildman–Crippen MR) is 72.8 cm³/mol. The molecule has 4 heteroatoms. The molecule has 2 bridgehead atoms. The Hall–Kier alpha value is -1.45. The highest BCUT2D eigenvalue weighted by atomic mass is 16.2. The molecule has 1 amide bonds. The third-order valence-corrected chi connectivity index (χ3v) is 4.77. The summed E-state index contributed by atoms with van der Waals surface area (Å²) in [6, 6.07) is 0. The van der Waals surface area contributed by atoms with Crippen LogP contribution in [-0.4, -0.2) is 21.4 Å². The molecule has 4 nitrogen and oxygen atoms in total. The Bertz CT molecular complexity index is 516. The zero-order valence-corrected chi connectivity index (χ0v) is 11.7. The molecule has 1 N–H and O–H groups in total. The quantitative estimate of drug-likeness (QED) is 0.888. The van der Waals surface area contributed by atoms with E-state index in [0.29, 0.717) is 11.1 Å². The molecule has 1 aromatic heterocycles. The van der Waals surface area contributed by atoms with Gasteiger partial charge in [0.1, 0.15) is 5.69 Å². The van der Waals surface area contributed by atoms with Crippen LogP contribution in [0, 0.1) is 12.3 Å². The van der Waals surface area contributed by atoms with Crippen LogP contribution in [0.4, 0.5) is 0 Å². The molecule has 3 rings (SSSR count). The number of rotatable bonds is 2. The van der Waals surface area contributed by atoms with E-state index in [9.17, 15) is 4.79 Å². The summed E-state index contributed by atoms with van der Waals surface area (Å²) in [4.78, 5) is 20.6. The van der Waals surface area contributed by atoms with Crippen molar-refractivity contribution in [1.29, 1.82) is 0 Å². The summed E-state index contributed by atoms with van der Waals surface area (Å²) in [5.74, 6) is -0.0673. The van der Waals surface area contributed by atoms with E-state index in [1.165, 1.54) is 19.3 Å². The zero-order valence-electron chi connectivity index (χ0n) is 11.7. The van der Waals surface area contributed by atoms with Crippen LogP contribution < -0.4 is 5.32 Å². The lowest BCUT2D eigenvalue weighted by Gasteiger charge is -2.38. The molecular weight excluding hydrogens is 238 g/mol. The maximum Gasteiger partial charge on any atom is 0.271 e. The number of carbonyl (C=O) groups excluding carboxylic acids is 1. The summed E-state index contributed by atoms with van der Waals surface area (Å²) in [6.45, 7) is 4.21. The molecule has 0 aromatic carbocycles. The topological polar surface area (TPSA) is 54.9 Å². The Labute approximate surface area is 114 Å². The molecule has 0 unspecified atom stereocenters. The molecule has 102 valence electrons. The van der Waals surface area contributed by atoms with Crippen LogP contribution >= 0.6 is 0 Å². The standard InChI is InChI=1S/C15H21N3O/c1-11-8-16-9-12(17-11)13(19)18-15-5-3-4-14(2,10-15)6-7-15/h8-9H,3-7,10H2,1-2H3,(H,18,19)/t14-,15-/m1/s1. The van der Waals surface area contributed by atoms with Crippen molar-refractivity contribution in [1.82, 2.24) is 15.3 Å².